The summed E-state index contributed by atoms with van der Waals surface area (Å²) < 4.78 is 18.3. The molecule has 2 heterocycles. The number of hydrogen-bond donors (Lipinski definition) is 1. The van der Waals surface area contributed by atoms with Crippen LogP contribution in [-0.4, -0.2) is 41.9 Å². The van der Waals surface area contributed by atoms with Crippen LogP contribution in [0.2, 0.25) is 0 Å². The van der Waals surface area contributed by atoms with Gasteiger partial charge in [0.2, 0.25) is 5.95 Å². The van der Waals surface area contributed by atoms with Crippen LogP contribution in [0.15, 0.2) is 53.7 Å². The molecule has 0 fully saturated rings. The highest BCUT2D eigenvalue weighted by Crippen LogP contribution is 2.47. The largest absolute Gasteiger partial charge is 0.496 e. The molecule has 8 nitrogen and oxygen atoms in total. The van der Waals surface area contributed by atoms with Gasteiger partial charge >= 0.3 is 0 Å². The number of fused-ring (bicyclic) bond motifs is 1. The molecular formula is C26H28N4O4. The van der Waals surface area contributed by atoms with Crippen LogP contribution in [0.1, 0.15) is 38.3 Å². The lowest BCUT2D eigenvalue weighted by molar-refractivity contribution is -0.118. The van der Waals surface area contributed by atoms with Gasteiger partial charge in [0, 0.05) is 17.7 Å². The molecule has 1 atom stereocenters. The summed E-state index contributed by atoms with van der Waals surface area (Å²) in [6.07, 6.45) is 1.22. The van der Waals surface area contributed by atoms with Crippen LogP contribution in [0.4, 0.5) is 5.95 Å². The number of benzene rings is 2. The first-order valence-corrected chi connectivity index (χ1v) is 11.2. The summed E-state index contributed by atoms with van der Waals surface area (Å²) >= 11 is 0. The van der Waals surface area contributed by atoms with E-state index in [1.54, 1.807) is 26.0 Å². The third-order valence-corrected chi connectivity index (χ3v) is 6.40. The normalized spacial score (nSPS) is 18.6. The summed E-state index contributed by atoms with van der Waals surface area (Å²) in [5.41, 5.74) is 3.13. The summed E-state index contributed by atoms with van der Waals surface area (Å²) in [5.74, 6) is 3.12. The van der Waals surface area contributed by atoms with Gasteiger partial charge in [0.25, 0.3) is 0 Å². The molecule has 1 aliphatic carbocycles. The topological polar surface area (TPSA) is 87.5 Å². The number of carbonyl (C=O) groups excluding carboxylic acids is 1. The molecule has 1 unspecified atom stereocenters. The van der Waals surface area contributed by atoms with E-state index >= 15 is 0 Å². The van der Waals surface area contributed by atoms with Crippen molar-refractivity contribution in [3.63, 3.8) is 0 Å². The second kappa shape index (κ2) is 8.20. The number of hydrogen-bond acceptors (Lipinski definition) is 7. The van der Waals surface area contributed by atoms with E-state index in [4.69, 9.17) is 24.3 Å². The minimum absolute atomic E-state index is 0.110. The number of anilines is 1. The van der Waals surface area contributed by atoms with E-state index in [0.29, 0.717) is 35.4 Å². The Kier molecular flexibility index (Phi) is 5.31. The third kappa shape index (κ3) is 3.59. The van der Waals surface area contributed by atoms with Crippen LogP contribution in [-0.2, 0) is 4.79 Å². The Hall–Kier alpha value is -3.81. The number of allylic oxidation sites excluding steroid dienone is 2. The molecule has 2 aliphatic rings. The quantitative estimate of drug-likeness (QED) is 0.594. The number of ether oxygens (including phenoxy) is 3. The number of para-hydroxylation sites is 1. The average Bonchev–Trinajstić information content (AvgIpc) is 3.24. The standard InChI is InChI=1S/C26H28N4O4/c1-26(2)13-17-22(18(31)14-26)23(15-10-11-20(33-4)21(12-15)34-5)30-25(27-17)28-24(29-30)16-8-6-7-9-19(16)32-3/h6-12,23H,13-14H2,1-5H3,(H,27,28,29). The lowest BCUT2D eigenvalue weighted by Crippen LogP contribution is -2.36. The van der Waals surface area contributed by atoms with Crippen molar-refractivity contribution in [3.05, 3.63) is 59.3 Å². The Morgan fingerprint density at radius 1 is 0.971 bits per heavy atom. The first-order chi connectivity index (χ1) is 16.3. The zero-order valence-corrected chi connectivity index (χ0v) is 20.0. The van der Waals surface area contributed by atoms with Gasteiger partial charge in [-0.2, -0.15) is 4.98 Å². The number of nitrogens with one attached hydrogen (secondary N) is 1. The lowest BCUT2D eigenvalue weighted by atomic mass is 9.73. The minimum atomic E-state index is -0.439. The molecule has 1 N–H and O–H groups in total. The Bertz CT molecular complexity index is 1310. The average molecular weight is 461 g/mol. The van der Waals surface area contributed by atoms with Crippen LogP contribution in [0.3, 0.4) is 0 Å². The smallest absolute Gasteiger partial charge is 0.226 e. The molecule has 1 aromatic heterocycles. The molecule has 2 aromatic carbocycles. The number of rotatable bonds is 5. The fourth-order valence-corrected chi connectivity index (χ4v) is 4.88. The first-order valence-electron chi connectivity index (χ1n) is 11.2. The zero-order chi connectivity index (χ0) is 24.0. The molecular weight excluding hydrogens is 432 g/mol. The maximum absolute atomic E-state index is 13.5. The maximum Gasteiger partial charge on any atom is 0.226 e. The van der Waals surface area contributed by atoms with Crippen molar-refractivity contribution < 1.29 is 19.0 Å². The molecule has 8 heteroatoms. The monoisotopic (exact) mass is 460 g/mol. The predicted molar refractivity (Wildman–Crippen MR) is 128 cm³/mol. The summed E-state index contributed by atoms with van der Waals surface area (Å²) in [6.45, 7) is 4.22. The highest BCUT2D eigenvalue weighted by molar-refractivity contribution is 6.00. The van der Waals surface area contributed by atoms with Crippen LogP contribution < -0.4 is 19.5 Å². The van der Waals surface area contributed by atoms with Gasteiger partial charge < -0.3 is 19.5 Å². The fourth-order valence-electron chi connectivity index (χ4n) is 4.88. The van der Waals surface area contributed by atoms with Crippen LogP contribution in [0.5, 0.6) is 17.2 Å². The molecule has 0 saturated heterocycles. The molecule has 5 rings (SSSR count). The Morgan fingerprint density at radius 3 is 2.44 bits per heavy atom. The molecule has 0 radical (unpaired) electrons. The van der Waals surface area contributed by atoms with Crippen LogP contribution >= 0.6 is 0 Å². The van der Waals surface area contributed by atoms with Gasteiger partial charge in [-0.3, -0.25) is 4.79 Å². The van der Waals surface area contributed by atoms with Gasteiger partial charge in [-0.15, -0.1) is 5.10 Å². The zero-order valence-electron chi connectivity index (χ0n) is 20.0. The fraction of sp³-hybridized carbons (Fsp3) is 0.346. The van der Waals surface area contributed by atoms with Crippen LogP contribution in [0.25, 0.3) is 11.4 Å². The van der Waals surface area contributed by atoms with Crippen molar-refractivity contribution in [2.24, 2.45) is 5.41 Å². The van der Waals surface area contributed by atoms with Gasteiger partial charge in [0.1, 0.15) is 11.8 Å². The van der Waals surface area contributed by atoms with Crippen molar-refractivity contribution in [2.75, 3.05) is 26.6 Å². The molecule has 176 valence electrons. The van der Waals surface area contributed by atoms with Crippen molar-refractivity contribution in [1.29, 1.82) is 0 Å². The van der Waals surface area contributed by atoms with Gasteiger partial charge in [-0.1, -0.05) is 32.0 Å². The van der Waals surface area contributed by atoms with Gasteiger partial charge in [0.05, 0.1) is 26.9 Å². The Labute approximate surface area is 198 Å². The van der Waals surface area contributed by atoms with Gasteiger partial charge in [0.15, 0.2) is 23.1 Å². The Balaban J connectivity index is 1.70. The SMILES string of the molecule is COc1ccc(C2C3=C(CC(C)(C)CC3=O)Nc3nc(-c4ccccc4OC)nn32)cc1OC. The number of carbonyl (C=O) groups is 1. The van der Waals surface area contributed by atoms with Gasteiger partial charge in [-0.05, 0) is 41.7 Å². The summed E-state index contributed by atoms with van der Waals surface area (Å²) in [4.78, 5) is 18.3. The number of Topliss-reactive ketones (excluding diaryl/α,β-unsaturated/α-hetero) is 1. The van der Waals surface area contributed by atoms with E-state index in [1.807, 2.05) is 42.5 Å². The first kappa shape index (κ1) is 22.0. The summed E-state index contributed by atoms with van der Waals surface area (Å²) in [7, 11) is 4.83. The highest BCUT2D eigenvalue weighted by atomic mass is 16.5. The third-order valence-electron chi connectivity index (χ3n) is 6.40. The van der Waals surface area contributed by atoms with E-state index in [2.05, 4.69) is 19.2 Å². The van der Waals surface area contributed by atoms with E-state index in [1.165, 1.54) is 0 Å². The number of ketones is 1. The van der Waals surface area contributed by atoms with Crippen molar-refractivity contribution in [2.45, 2.75) is 32.7 Å². The highest BCUT2D eigenvalue weighted by Gasteiger charge is 2.42. The molecule has 0 spiro atoms. The number of aromatic nitrogens is 3. The van der Waals surface area contributed by atoms with Crippen molar-refractivity contribution in [3.8, 4) is 28.6 Å². The van der Waals surface area contributed by atoms with Crippen molar-refractivity contribution >= 4 is 11.7 Å². The number of nitrogens with zero attached hydrogens (tertiary/aromatic N) is 3. The molecule has 34 heavy (non-hydrogen) atoms. The Morgan fingerprint density at radius 2 is 1.71 bits per heavy atom. The second-order valence-corrected chi connectivity index (χ2v) is 9.38. The van der Waals surface area contributed by atoms with E-state index < -0.39 is 6.04 Å². The van der Waals surface area contributed by atoms with E-state index in [9.17, 15) is 4.79 Å². The molecule has 0 amide bonds. The molecule has 3 aromatic rings. The van der Waals surface area contributed by atoms with Crippen LogP contribution in [0, 0.1) is 5.41 Å². The van der Waals surface area contributed by atoms with E-state index in [0.717, 1.165) is 28.8 Å². The summed E-state index contributed by atoms with van der Waals surface area (Å²) in [6, 6.07) is 12.9. The molecule has 0 saturated carbocycles. The molecule has 0 bridgehead atoms. The van der Waals surface area contributed by atoms with E-state index in [-0.39, 0.29) is 11.2 Å². The second-order valence-electron chi connectivity index (χ2n) is 9.38. The lowest BCUT2D eigenvalue weighted by Gasteiger charge is -2.38. The predicted octanol–water partition coefficient (Wildman–Crippen LogP) is 4.63. The maximum atomic E-state index is 13.5. The number of methoxy groups -OCH3 is 3. The van der Waals surface area contributed by atoms with Gasteiger partial charge in [-0.25, -0.2) is 4.68 Å². The molecule has 1 aliphatic heterocycles. The summed E-state index contributed by atoms with van der Waals surface area (Å²) in [5, 5.41) is 8.27. The minimum Gasteiger partial charge on any atom is -0.496 e. The van der Waals surface area contributed by atoms with Crippen molar-refractivity contribution in [1.82, 2.24) is 14.8 Å².